The topological polar surface area (TPSA) is 9.23 Å². The van der Waals surface area contributed by atoms with Gasteiger partial charge >= 0.3 is 0 Å². The van der Waals surface area contributed by atoms with Gasteiger partial charge in [-0.3, -0.25) is 0 Å². The first-order chi connectivity index (χ1) is 11.6. The van der Waals surface area contributed by atoms with Crippen molar-refractivity contribution in [3.63, 3.8) is 0 Å². The maximum absolute atomic E-state index is 6.61. The van der Waals surface area contributed by atoms with Crippen LogP contribution in [0.4, 0.5) is 0 Å². The summed E-state index contributed by atoms with van der Waals surface area (Å²) in [5, 5.41) is 1.29. The largest absolute Gasteiger partial charge is 0.539 e. The lowest BCUT2D eigenvalue weighted by molar-refractivity contribution is 0.524. The van der Waals surface area contributed by atoms with E-state index in [4.69, 9.17) is 4.43 Å². The van der Waals surface area contributed by atoms with Gasteiger partial charge in [-0.05, 0) is 29.9 Å². The monoisotopic (exact) mass is 330 g/mol. The van der Waals surface area contributed by atoms with Gasteiger partial charge in [0.05, 0.1) is 0 Å². The molecule has 0 heterocycles. The Bertz CT molecular complexity index is 793. The molecule has 0 saturated carbocycles. The zero-order valence-electron chi connectivity index (χ0n) is 14.1. The molecule has 0 radical (unpaired) electrons. The van der Waals surface area contributed by atoms with E-state index in [1.165, 1.54) is 5.19 Å². The van der Waals surface area contributed by atoms with E-state index in [1.54, 1.807) is 0 Å². The maximum Gasteiger partial charge on any atom is 0.276 e. The summed E-state index contributed by atoms with van der Waals surface area (Å²) in [7, 11) is -2.05. The summed E-state index contributed by atoms with van der Waals surface area (Å²) in [4.78, 5) is 0. The fourth-order valence-corrected chi connectivity index (χ4v) is 4.49. The van der Waals surface area contributed by atoms with Crippen molar-refractivity contribution < 1.29 is 4.43 Å². The quantitative estimate of drug-likeness (QED) is 0.350. The van der Waals surface area contributed by atoms with E-state index < -0.39 is 8.32 Å². The Morgan fingerprint density at radius 1 is 0.708 bits per heavy atom. The van der Waals surface area contributed by atoms with Crippen LogP contribution in [-0.2, 0) is 4.43 Å². The van der Waals surface area contributed by atoms with Gasteiger partial charge in [0.1, 0.15) is 5.76 Å². The molecule has 3 rings (SSSR count). The molecule has 2 heteroatoms. The van der Waals surface area contributed by atoms with E-state index in [2.05, 4.69) is 79.8 Å². The number of rotatable bonds is 5. The van der Waals surface area contributed by atoms with Crippen LogP contribution in [-0.4, -0.2) is 8.32 Å². The third-order valence-electron chi connectivity index (χ3n) is 3.99. The zero-order chi connectivity index (χ0) is 16.8. The van der Waals surface area contributed by atoms with Gasteiger partial charge in [-0.1, -0.05) is 91.0 Å². The van der Waals surface area contributed by atoms with Crippen molar-refractivity contribution in [3.8, 4) is 0 Å². The Balaban J connectivity index is 1.98. The first-order valence-corrected chi connectivity index (χ1v) is 11.1. The molecule has 0 saturated heterocycles. The maximum atomic E-state index is 6.61. The molecule has 0 spiro atoms. The fourth-order valence-electron chi connectivity index (χ4n) is 2.65. The number of hydrogen-bond donors (Lipinski definition) is 0. The Morgan fingerprint density at radius 3 is 1.79 bits per heavy atom. The summed E-state index contributed by atoms with van der Waals surface area (Å²) >= 11 is 0. The van der Waals surface area contributed by atoms with Crippen LogP contribution in [0.2, 0.25) is 13.1 Å². The summed E-state index contributed by atoms with van der Waals surface area (Å²) in [5.74, 6) is 0.933. The van der Waals surface area contributed by atoms with Crippen molar-refractivity contribution >= 4 is 25.3 Å². The van der Waals surface area contributed by atoms with Gasteiger partial charge in [0.2, 0.25) is 0 Å². The lowest BCUT2D eigenvalue weighted by atomic mass is 10.1. The van der Waals surface area contributed by atoms with E-state index in [0.717, 1.165) is 16.9 Å². The van der Waals surface area contributed by atoms with E-state index in [9.17, 15) is 0 Å². The lowest BCUT2D eigenvalue weighted by Gasteiger charge is -2.26. The molecule has 0 aliphatic carbocycles. The van der Waals surface area contributed by atoms with Crippen molar-refractivity contribution in [2.24, 2.45) is 0 Å². The summed E-state index contributed by atoms with van der Waals surface area (Å²) < 4.78 is 6.61. The van der Waals surface area contributed by atoms with Gasteiger partial charge in [-0.25, -0.2) is 0 Å². The van der Waals surface area contributed by atoms with E-state index in [0.29, 0.717) is 0 Å². The highest BCUT2D eigenvalue weighted by molar-refractivity contribution is 6.85. The highest BCUT2D eigenvalue weighted by Gasteiger charge is 2.28. The molecular formula is C22H22OSi. The van der Waals surface area contributed by atoms with E-state index >= 15 is 0 Å². The average molecular weight is 331 g/mol. The van der Waals surface area contributed by atoms with Gasteiger partial charge in [-0.2, -0.15) is 0 Å². The second kappa shape index (κ2) is 7.32. The minimum Gasteiger partial charge on any atom is -0.539 e. The van der Waals surface area contributed by atoms with Crippen LogP contribution >= 0.6 is 0 Å². The molecule has 0 aromatic heterocycles. The molecular weight excluding hydrogens is 308 g/mol. The predicted molar refractivity (Wildman–Crippen MR) is 105 cm³/mol. The first-order valence-electron chi connectivity index (χ1n) is 8.22. The third-order valence-corrected chi connectivity index (χ3v) is 6.44. The van der Waals surface area contributed by atoms with Crippen LogP contribution < -0.4 is 5.19 Å². The highest BCUT2D eigenvalue weighted by Crippen LogP contribution is 2.24. The van der Waals surface area contributed by atoms with Gasteiger partial charge < -0.3 is 4.43 Å². The minimum atomic E-state index is -2.05. The van der Waals surface area contributed by atoms with Crippen molar-refractivity contribution in [3.05, 3.63) is 102 Å². The van der Waals surface area contributed by atoms with Crippen LogP contribution in [0, 0.1) is 0 Å². The molecule has 0 N–H and O–H groups in total. The molecule has 0 unspecified atom stereocenters. The van der Waals surface area contributed by atoms with E-state index in [-0.39, 0.29) is 0 Å². The summed E-state index contributed by atoms with van der Waals surface area (Å²) in [6, 6.07) is 31.2. The average Bonchev–Trinajstić information content (AvgIpc) is 2.63. The molecule has 0 aliphatic rings. The lowest BCUT2D eigenvalue weighted by Crippen LogP contribution is -2.44. The fraction of sp³-hybridized carbons (Fsp3) is 0.0909. The van der Waals surface area contributed by atoms with Crippen molar-refractivity contribution in [1.29, 1.82) is 0 Å². The number of benzene rings is 3. The molecule has 1 nitrogen and oxygen atoms in total. The van der Waals surface area contributed by atoms with Crippen LogP contribution in [0.1, 0.15) is 11.1 Å². The minimum absolute atomic E-state index is 0.933. The van der Waals surface area contributed by atoms with Gasteiger partial charge in [0.15, 0.2) is 0 Å². The summed E-state index contributed by atoms with van der Waals surface area (Å²) in [6.45, 7) is 4.48. The molecule has 0 fully saturated rings. The number of hydrogen-bond acceptors (Lipinski definition) is 1. The normalized spacial score (nSPS) is 12.0. The molecule has 120 valence electrons. The molecule has 0 bridgehead atoms. The standard InChI is InChI=1S/C22H22OSi/c1-24(2,21-16-10-5-11-17-21)23-22(20-14-8-4-9-15-20)18-19-12-6-3-7-13-19/h3-18H,1-2H3/b22-18+. The Labute approximate surface area is 145 Å². The predicted octanol–water partition coefficient (Wildman–Crippen LogP) is 5.31. The molecule has 24 heavy (non-hydrogen) atoms. The first kappa shape index (κ1) is 16.3. The zero-order valence-corrected chi connectivity index (χ0v) is 15.1. The van der Waals surface area contributed by atoms with Crippen LogP contribution in [0.3, 0.4) is 0 Å². The van der Waals surface area contributed by atoms with Crippen molar-refractivity contribution in [1.82, 2.24) is 0 Å². The summed E-state index contributed by atoms with van der Waals surface area (Å²) in [6.07, 6.45) is 2.13. The Morgan fingerprint density at radius 2 is 1.21 bits per heavy atom. The van der Waals surface area contributed by atoms with Crippen LogP contribution in [0.15, 0.2) is 91.0 Å². The second-order valence-electron chi connectivity index (χ2n) is 6.26. The SMILES string of the molecule is C[Si](C)(O/C(=C/c1ccccc1)c1ccccc1)c1ccccc1. The summed E-state index contributed by atoms with van der Waals surface area (Å²) in [5.41, 5.74) is 2.26. The molecule has 3 aromatic carbocycles. The van der Waals surface area contributed by atoms with Crippen LogP contribution in [0.25, 0.3) is 11.8 Å². The van der Waals surface area contributed by atoms with E-state index in [1.807, 2.05) is 30.3 Å². The third kappa shape index (κ3) is 4.03. The van der Waals surface area contributed by atoms with Crippen molar-refractivity contribution in [2.45, 2.75) is 13.1 Å². The smallest absolute Gasteiger partial charge is 0.276 e. The van der Waals surface area contributed by atoms with Crippen LogP contribution in [0.5, 0.6) is 0 Å². The second-order valence-corrected chi connectivity index (χ2v) is 10.1. The Hall–Kier alpha value is -2.58. The van der Waals surface area contributed by atoms with Crippen molar-refractivity contribution in [2.75, 3.05) is 0 Å². The van der Waals surface area contributed by atoms with Gasteiger partial charge in [-0.15, -0.1) is 0 Å². The molecule has 0 amide bonds. The van der Waals surface area contributed by atoms with Gasteiger partial charge in [0.25, 0.3) is 8.32 Å². The molecule has 0 aliphatic heterocycles. The van der Waals surface area contributed by atoms with Gasteiger partial charge in [0, 0.05) is 5.56 Å². The molecule has 0 atom stereocenters. The molecule has 3 aromatic rings. The Kier molecular flexibility index (Phi) is 4.97. The highest BCUT2D eigenvalue weighted by atomic mass is 28.4.